The molecule has 0 aliphatic heterocycles. The van der Waals surface area contributed by atoms with Crippen molar-refractivity contribution in [1.29, 1.82) is 0 Å². The van der Waals surface area contributed by atoms with Crippen LogP contribution >= 0.6 is 11.6 Å². The van der Waals surface area contributed by atoms with E-state index in [2.05, 4.69) is 20.6 Å². The van der Waals surface area contributed by atoms with Crippen LogP contribution in [0.2, 0.25) is 5.02 Å². The number of alkyl halides is 3. The molecule has 0 saturated heterocycles. The summed E-state index contributed by atoms with van der Waals surface area (Å²) in [4.78, 5) is 16.7. The van der Waals surface area contributed by atoms with Crippen molar-refractivity contribution in [2.24, 2.45) is 0 Å². The molecule has 0 unspecified atom stereocenters. The van der Waals surface area contributed by atoms with Crippen LogP contribution in [0.1, 0.15) is 17.9 Å². The summed E-state index contributed by atoms with van der Waals surface area (Å²) in [5.74, 6) is 0.0568. The Bertz CT molecular complexity index is 1220. The molecule has 4 aromatic rings. The van der Waals surface area contributed by atoms with Gasteiger partial charge in [-0.3, -0.25) is 4.79 Å². The van der Waals surface area contributed by atoms with Gasteiger partial charge in [0.1, 0.15) is 0 Å². The zero-order valence-electron chi connectivity index (χ0n) is 16.3. The van der Waals surface area contributed by atoms with Gasteiger partial charge in [0.15, 0.2) is 0 Å². The fraction of sp³-hybridized carbons (Fsp3) is 0.143. The van der Waals surface area contributed by atoms with Crippen LogP contribution in [-0.2, 0) is 17.4 Å². The third-order valence-electron chi connectivity index (χ3n) is 4.49. The molecule has 0 aliphatic rings. The van der Waals surface area contributed by atoms with Crippen molar-refractivity contribution in [2.75, 3.05) is 5.32 Å². The quantitative estimate of drug-likeness (QED) is 0.428. The zero-order valence-corrected chi connectivity index (χ0v) is 17.1. The first-order valence-electron chi connectivity index (χ1n) is 9.39. The van der Waals surface area contributed by atoms with Crippen molar-refractivity contribution < 1.29 is 22.5 Å². The highest BCUT2D eigenvalue weighted by molar-refractivity contribution is 6.30. The molecule has 1 N–H and O–H groups in total. The third-order valence-corrected chi connectivity index (χ3v) is 4.74. The number of aryl methyl sites for hydroxylation is 1. The molecule has 32 heavy (non-hydrogen) atoms. The van der Waals surface area contributed by atoms with Gasteiger partial charge < -0.3 is 9.84 Å². The lowest BCUT2D eigenvalue weighted by Gasteiger charge is -2.14. The summed E-state index contributed by atoms with van der Waals surface area (Å²) in [6.45, 7) is 0. The minimum atomic E-state index is -4.55. The maximum atomic E-state index is 13.1. The summed E-state index contributed by atoms with van der Waals surface area (Å²) in [5.41, 5.74) is 0.106. The second-order valence-electron chi connectivity index (χ2n) is 6.75. The van der Waals surface area contributed by atoms with Crippen molar-refractivity contribution in [1.82, 2.24) is 19.9 Å². The number of halogens is 4. The van der Waals surface area contributed by atoms with Crippen molar-refractivity contribution in [2.45, 2.75) is 19.0 Å². The van der Waals surface area contributed by atoms with Gasteiger partial charge >= 0.3 is 6.18 Å². The van der Waals surface area contributed by atoms with Gasteiger partial charge in [-0.1, -0.05) is 16.8 Å². The molecule has 1 amide bonds. The van der Waals surface area contributed by atoms with E-state index in [0.29, 0.717) is 22.1 Å². The first-order chi connectivity index (χ1) is 15.3. The van der Waals surface area contributed by atoms with E-state index in [1.807, 2.05) is 0 Å². The molecule has 0 aliphatic carbocycles. The van der Waals surface area contributed by atoms with E-state index in [0.717, 1.165) is 12.1 Å². The summed E-state index contributed by atoms with van der Waals surface area (Å²) < 4.78 is 46.0. The number of benzene rings is 2. The van der Waals surface area contributed by atoms with Crippen LogP contribution < -0.4 is 5.32 Å². The highest BCUT2D eigenvalue weighted by Crippen LogP contribution is 2.33. The summed E-state index contributed by atoms with van der Waals surface area (Å²) in [6.07, 6.45) is -1.46. The highest BCUT2D eigenvalue weighted by Gasteiger charge is 2.31. The molecule has 0 bridgehead atoms. The largest absolute Gasteiger partial charge is 0.416 e. The minimum absolute atomic E-state index is 0.0130. The van der Waals surface area contributed by atoms with E-state index < -0.39 is 17.6 Å². The summed E-state index contributed by atoms with van der Waals surface area (Å²) in [5, 5.41) is 11.0. The van der Waals surface area contributed by atoms with Crippen LogP contribution in [0.5, 0.6) is 0 Å². The first kappa shape index (κ1) is 21.6. The van der Waals surface area contributed by atoms with E-state index in [4.69, 9.17) is 16.1 Å². The molecule has 0 spiro atoms. The van der Waals surface area contributed by atoms with Crippen LogP contribution in [0, 0.1) is 0 Å². The van der Waals surface area contributed by atoms with Gasteiger partial charge in [0.2, 0.25) is 17.6 Å². The molecular weight excluding hydrogens is 447 g/mol. The Morgan fingerprint density at radius 1 is 1.16 bits per heavy atom. The average Bonchev–Trinajstić information content (AvgIpc) is 3.44. The fourth-order valence-corrected chi connectivity index (χ4v) is 3.06. The number of rotatable bonds is 6. The Balaban J connectivity index is 1.46. The second-order valence-corrected chi connectivity index (χ2v) is 7.18. The highest BCUT2D eigenvalue weighted by atomic mass is 35.5. The smallest absolute Gasteiger partial charge is 0.339 e. The number of nitrogens with one attached hydrogen (secondary N) is 1. The Hall–Kier alpha value is -3.66. The van der Waals surface area contributed by atoms with Gasteiger partial charge in [-0.25, -0.2) is 4.68 Å². The van der Waals surface area contributed by atoms with Crippen molar-refractivity contribution in [3.8, 4) is 17.1 Å². The number of hydrogen-bond donors (Lipinski definition) is 1. The number of amides is 1. The van der Waals surface area contributed by atoms with E-state index in [1.54, 1.807) is 36.5 Å². The van der Waals surface area contributed by atoms with E-state index >= 15 is 0 Å². The van der Waals surface area contributed by atoms with Crippen molar-refractivity contribution >= 4 is 23.2 Å². The zero-order chi connectivity index (χ0) is 22.7. The van der Waals surface area contributed by atoms with Gasteiger partial charge in [0.25, 0.3) is 0 Å². The van der Waals surface area contributed by atoms with Crippen molar-refractivity contribution in [3.05, 3.63) is 77.4 Å². The molecule has 4 rings (SSSR count). The Kier molecular flexibility index (Phi) is 5.95. The topological polar surface area (TPSA) is 85.8 Å². The van der Waals surface area contributed by atoms with E-state index in [-0.39, 0.29) is 24.4 Å². The van der Waals surface area contributed by atoms with Gasteiger partial charge in [0.05, 0.1) is 16.9 Å². The second kappa shape index (κ2) is 8.83. The maximum Gasteiger partial charge on any atom is 0.416 e. The van der Waals surface area contributed by atoms with Crippen LogP contribution in [-0.4, -0.2) is 25.8 Å². The van der Waals surface area contributed by atoms with E-state index in [9.17, 15) is 18.0 Å². The van der Waals surface area contributed by atoms with Gasteiger partial charge in [-0.15, -0.1) is 0 Å². The standard InChI is InChI=1S/C21H15ClF3N5O2/c22-15-5-2-13(3-6-15)20-28-19(32-29-20)9-8-18(31)27-16-12-14(21(23,24)25)4-7-17(16)30-11-1-10-26-30/h1-7,10-12H,8-9H2,(H,27,31). The van der Waals surface area contributed by atoms with Crippen LogP contribution in [0.15, 0.2) is 65.4 Å². The number of carbonyl (C=O) groups is 1. The van der Waals surface area contributed by atoms with Gasteiger partial charge in [0, 0.05) is 35.8 Å². The Labute approximate surface area is 184 Å². The van der Waals surface area contributed by atoms with E-state index in [1.165, 1.54) is 16.9 Å². The molecule has 2 aromatic carbocycles. The first-order valence-corrected chi connectivity index (χ1v) is 9.77. The third kappa shape index (κ3) is 4.97. The predicted molar refractivity (Wildman–Crippen MR) is 110 cm³/mol. The SMILES string of the molecule is O=C(CCc1nc(-c2ccc(Cl)cc2)no1)Nc1cc(C(F)(F)F)ccc1-n1cccn1. The fourth-order valence-electron chi connectivity index (χ4n) is 2.93. The van der Waals surface area contributed by atoms with Crippen LogP contribution in [0.3, 0.4) is 0 Å². The number of carbonyl (C=O) groups excluding carboxylic acids is 1. The number of anilines is 1. The van der Waals surface area contributed by atoms with Crippen LogP contribution in [0.4, 0.5) is 18.9 Å². The summed E-state index contributed by atoms with van der Waals surface area (Å²) >= 11 is 5.86. The molecule has 0 atom stereocenters. The minimum Gasteiger partial charge on any atom is -0.339 e. The molecule has 0 radical (unpaired) electrons. The summed E-state index contributed by atoms with van der Waals surface area (Å²) in [6, 6.07) is 11.5. The van der Waals surface area contributed by atoms with Crippen molar-refractivity contribution in [3.63, 3.8) is 0 Å². The number of nitrogens with zero attached hydrogens (tertiary/aromatic N) is 4. The lowest BCUT2D eigenvalue weighted by molar-refractivity contribution is -0.137. The Morgan fingerprint density at radius 2 is 1.94 bits per heavy atom. The average molecular weight is 462 g/mol. The molecule has 164 valence electrons. The molecular formula is C21H15ClF3N5O2. The lowest BCUT2D eigenvalue weighted by atomic mass is 10.1. The number of aromatic nitrogens is 4. The monoisotopic (exact) mass is 461 g/mol. The van der Waals surface area contributed by atoms with Gasteiger partial charge in [-0.05, 0) is 48.5 Å². The normalized spacial score (nSPS) is 11.5. The Morgan fingerprint density at radius 3 is 2.62 bits per heavy atom. The molecule has 7 nitrogen and oxygen atoms in total. The molecule has 0 saturated carbocycles. The van der Waals surface area contributed by atoms with Crippen LogP contribution in [0.25, 0.3) is 17.1 Å². The predicted octanol–water partition coefficient (Wildman–Crippen LogP) is 5.17. The molecule has 11 heteroatoms. The lowest BCUT2D eigenvalue weighted by Crippen LogP contribution is -2.16. The number of hydrogen-bond acceptors (Lipinski definition) is 5. The maximum absolute atomic E-state index is 13.1. The summed E-state index contributed by atoms with van der Waals surface area (Å²) in [7, 11) is 0. The molecule has 2 heterocycles. The molecule has 2 aromatic heterocycles. The van der Waals surface area contributed by atoms with Gasteiger partial charge in [-0.2, -0.15) is 23.3 Å². The molecule has 0 fully saturated rings.